The predicted molar refractivity (Wildman–Crippen MR) is 72.8 cm³/mol. The molecule has 1 fully saturated rings. The second-order valence-corrected chi connectivity index (χ2v) is 7.78. The molecule has 2 unspecified atom stereocenters. The van der Waals surface area contributed by atoms with Crippen molar-refractivity contribution < 1.29 is 13.2 Å². The molecule has 0 spiro atoms. The topological polar surface area (TPSA) is 55.4 Å². The van der Waals surface area contributed by atoms with Crippen LogP contribution in [0.2, 0.25) is 0 Å². The minimum absolute atomic E-state index is 0.00537. The van der Waals surface area contributed by atoms with Gasteiger partial charge in [-0.05, 0) is 30.8 Å². The zero-order valence-corrected chi connectivity index (χ0v) is 12.1. The van der Waals surface area contributed by atoms with E-state index >= 15 is 0 Å². The van der Waals surface area contributed by atoms with Crippen LogP contribution in [0.25, 0.3) is 0 Å². The fraction of sp³-hybridized carbons (Fsp3) is 0.667. The van der Waals surface area contributed by atoms with Gasteiger partial charge in [-0.3, -0.25) is 0 Å². The maximum absolute atomic E-state index is 12.5. The molecule has 1 aliphatic heterocycles. The van der Waals surface area contributed by atoms with Gasteiger partial charge < -0.3 is 10.1 Å². The smallest absolute Gasteiger partial charge is 0.194 e. The van der Waals surface area contributed by atoms with Crippen LogP contribution in [-0.4, -0.2) is 39.5 Å². The van der Waals surface area contributed by atoms with Crippen molar-refractivity contribution in [3.63, 3.8) is 0 Å². The highest BCUT2D eigenvalue weighted by molar-refractivity contribution is 7.94. The van der Waals surface area contributed by atoms with Crippen LogP contribution in [0.3, 0.4) is 0 Å². The van der Waals surface area contributed by atoms with Gasteiger partial charge in [-0.25, -0.2) is 8.42 Å². The Balaban J connectivity index is 2.18. The Morgan fingerprint density at radius 1 is 1.56 bits per heavy atom. The molecule has 1 aliphatic rings. The molecule has 2 atom stereocenters. The summed E-state index contributed by atoms with van der Waals surface area (Å²) in [4.78, 5) is 0. The number of rotatable bonds is 5. The first-order valence-electron chi connectivity index (χ1n) is 6.24. The van der Waals surface area contributed by atoms with Crippen molar-refractivity contribution in [2.45, 2.75) is 35.3 Å². The third-order valence-corrected chi connectivity index (χ3v) is 6.74. The van der Waals surface area contributed by atoms with Gasteiger partial charge in [0.25, 0.3) is 0 Å². The van der Waals surface area contributed by atoms with Gasteiger partial charge in [0.1, 0.15) is 9.46 Å². The first-order chi connectivity index (χ1) is 8.66. The summed E-state index contributed by atoms with van der Waals surface area (Å²) in [6, 6.07) is 3.45. The molecule has 1 aromatic heterocycles. The highest BCUT2D eigenvalue weighted by atomic mass is 32.2. The lowest BCUT2D eigenvalue weighted by atomic mass is 10.1. The number of nitrogens with one attached hydrogen (secondary N) is 1. The average molecular weight is 289 g/mol. The molecule has 0 amide bonds. The monoisotopic (exact) mass is 289 g/mol. The predicted octanol–water partition coefficient (Wildman–Crippen LogP) is 1.68. The van der Waals surface area contributed by atoms with E-state index in [0.29, 0.717) is 17.4 Å². The van der Waals surface area contributed by atoms with Crippen molar-refractivity contribution >= 4 is 21.2 Å². The standard InChI is InChI=1S/C12H19NO3S2/c1-2-6-13-10-5-7-16-9-11(10)18(14,15)12-4-3-8-17-12/h3-4,8,10-11,13H,2,5-7,9H2,1H3. The zero-order valence-electron chi connectivity index (χ0n) is 10.5. The number of thiophene rings is 1. The van der Waals surface area contributed by atoms with E-state index in [0.717, 1.165) is 19.4 Å². The Morgan fingerprint density at radius 2 is 2.39 bits per heavy atom. The number of hydrogen-bond donors (Lipinski definition) is 1. The van der Waals surface area contributed by atoms with Crippen LogP contribution in [0.15, 0.2) is 21.7 Å². The molecule has 0 radical (unpaired) electrons. The van der Waals surface area contributed by atoms with E-state index in [1.54, 1.807) is 17.5 Å². The van der Waals surface area contributed by atoms with Crippen LogP contribution < -0.4 is 5.32 Å². The van der Waals surface area contributed by atoms with Gasteiger partial charge in [0.2, 0.25) is 0 Å². The summed E-state index contributed by atoms with van der Waals surface area (Å²) in [6.07, 6.45) is 1.76. The Hall–Kier alpha value is -0.430. The molecule has 2 heterocycles. The maximum atomic E-state index is 12.5. The normalized spacial score (nSPS) is 25.2. The van der Waals surface area contributed by atoms with Crippen molar-refractivity contribution in [2.75, 3.05) is 19.8 Å². The highest BCUT2D eigenvalue weighted by Crippen LogP contribution is 2.26. The molecule has 6 heteroatoms. The molecule has 1 aromatic rings. The van der Waals surface area contributed by atoms with Crippen LogP contribution >= 0.6 is 11.3 Å². The second kappa shape index (κ2) is 6.14. The number of sulfone groups is 1. The lowest BCUT2D eigenvalue weighted by Gasteiger charge is -2.31. The third-order valence-electron chi connectivity index (χ3n) is 3.13. The molecule has 2 rings (SSSR count). The van der Waals surface area contributed by atoms with Crippen LogP contribution in [-0.2, 0) is 14.6 Å². The van der Waals surface area contributed by atoms with E-state index in [4.69, 9.17) is 4.74 Å². The molecule has 0 aromatic carbocycles. The molecule has 0 aliphatic carbocycles. The van der Waals surface area contributed by atoms with E-state index in [-0.39, 0.29) is 6.04 Å². The Bertz CT molecular complexity index is 456. The van der Waals surface area contributed by atoms with Gasteiger partial charge in [0.05, 0.1) is 6.61 Å². The summed E-state index contributed by atoms with van der Waals surface area (Å²) in [5.74, 6) is 0. The van der Waals surface area contributed by atoms with Gasteiger partial charge in [-0.15, -0.1) is 11.3 Å². The Labute approximate surface area is 112 Å². The highest BCUT2D eigenvalue weighted by Gasteiger charge is 2.37. The lowest BCUT2D eigenvalue weighted by molar-refractivity contribution is 0.0808. The van der Waals surface area contributed by atoms with E-state index in [9.17, 15) is 8.42 Å². The summed E-state index contributed by atoms with van der Waals surface area (Å²) in [7, 11) is -3.27. The summed E-state index contributed by atoms with van der Waals surface area (Å²) in [5.41, 5.74) is 0. The van der Waals surface area contributed by atoms with Gasteiger partial charge in [0.15, 0.2) is 9.84 Å². The van der Waals surface area contributed by atoms with Gasteiger partial charge in [0, 0.05) is 12.6 Å². The maximum Gasteiger partial charge on any atom is 0.194 e. The van der Waals surface area contributed by atoms with Gasteiger partial charge in [-0.1, -0.05) is 13.0 Å². The molecule has 4 nitrogen and oxygen atoms in total. The van der Waals surface area contributed by atoms with Gasteiger partial charge >= 0.3 is 0 Å². The molecule has 1 N–H and O–H groups in total. The summed E-state index contributed by atoms with van der Waals surface area (Å²) >= 11 is 1.28. The second-order valence-electron chi connectivity index (χ2n) is 4.44. The minimum Gasteiger partial charge on any atom is -0.380 e. The largest absolute Gasteiger partial charge is 0.380 e. The Morgan fingerprint density at radius 3 is 3.06 bits per heavy atom. The first-order valence-corrected chi connectivity index (χ1v) is 8.67. The van der Waals surface area contributed by atoms with E-state index in [1.165, 1.54) is 11.3 Å². The average Bonchev–Trinajstić information content (AvgIpc) is 2.91. The van der Waals surface area contributed by atoms with Crippen molar-refractivity contribution in [1.29, 1.82) is 0 Å². The third kappa shape index (κ3) is 2.93. The zero-order chi connectivity index (χ0) is 13.0. The molecule has 18 heavy (non-hydrogen) atoms. The summed E-state index contributed by atoms with van der Waals surface area (Å²) in [5, 5.41) is 4.67. The van der Waals surface area contributed by atoms with Crippen molar-refractivity contribution in [3.8, 4) is 0 Å². The first kappa shape index (κ1) is 14.0. The van der Waals surface area contributed by atoms with Crippen LogP contribution in [0.1, 0.15) is 19.8 Å². The van der Waals surface area contributed by atoms with Crippen LogP contribution in [0.5, 0.6) is 0 Å². The molecular weight excluding hydrogens is 270 g/mol. The van der Waals surface area contributed by atoms with Crippen molar-refractivity contribution in [3.05, 3.63) is 17.5 Å². The number of hydrogen-bond acceptors (Lipinski definition) is 5. The molecular formula is C12H19NO3S2. The summed E-state index contributed by atoms with van der Waals surface area (Å²) in [6.45, 7) is 3.86. The molecule has 102 valence electrons. The molecule has 0 saturated carbocycles. The van der Waals surface area contributed by atoms with Crippen molar-refractivity contribution in [2.24, 2.45) is 0 Å². The van der Waals surface area contributed by atoms with Crippen LogP contribution in [0, 0.1) is 0 Å². The molecule has 1 saturated heterocycles. The van der Waals surface area contributed by atoms with E-state index < -0.39 is 15.1 Å². The summed E-state index contributed by atoms with van der Waals surface area (Å²) < 4.78 is 30.8. The lowest BCUT2D eigenvalue weighted by Crippen LogP contribution is -2.50. The van der Waals surface area contributed by atoms with E-state index in [1.807, 2.05) is 0 Å². The van der Waals surface area contributed by atoms with E-state index in [2.05, 4.69) is 12.2 Å². The number of ether oxygens (including phenoxy) is 1. The Kier molecular flexibility index (Phi) is 4.77. The quantitative estimate of drug-likeness (QED) is 0.896. The van der Waals surface area contributed by atoms with Gasteiger partial charge in [-0.2, -0.15) is 0 Å². The molecule has 0 bridgehead atoms. The van der Waals surface area contributed by atoms with Crippen molar-refractivity contribution in [1.82, 2.24) is 5.32 Å². The minimum atomic E-state index is -3.27. The van der Waals surface area contributed by atoms with Crippen LogP contribution in [0.4, 0.5) is 0 Å². The fourth-order valence-electron chi connectivity index (χ4n) is 2.16. The fourth-order valence-corrected chi connectivity index (χ4v) is 5.18. The SMILES string of the molecule is CCCNC1CCOCC1S(=O)(=O)c1cccs1.